The van der Waals surface area contributed by atoms with E-state index in [-0.39, 0.29) is 18.1 Å². The molecule has 0 aliphatic rings. The van der Waals surface area contributed by atoms with E-state index >= 15 is 0 Å². The Labute approximate surface area is 121 Å². The number of ether oxygens (including phenoxy) is 1. The fourth-order valence-corrected chi connectivity index (χ4v) is 1.51. The first-order valence-electron chi connectivity index (χ1n) is 6.17. The Balaban J connectivity index is 1.82. The van der Waals surface area contributed by atoms with Crippen molar-refractivity contribution in [3.05, 3.63) is 54.1 Å². The van der Waals surface area contributed by atoms with Gasteiger partial charge in [-0.3, -0.25) is 4.79 Å². The van der Waals surface area contributed by atoms with Gasteiger partial charge in [-0.25, -0.2) is 5.43 Å². The summed E-state index contributed by atoms with van der Waals surface area (Å²) in [4.78, 5) is 11.5. The third-order valence-electron chi connectivity index (χ3n) is 2.52. The van der Waals surface area contributed by atoms with E-state index in [1.807, 2.05) is 6.07 Å². The second-order valence-corrected chi connectivity index (χ2v) is 4.14. The molecule has 0 heterocycles. The molecule has 0 saturated carbocycles. The van der Waals surface area contributed by atoms with Crippen molar-refractivity contribution in [3.63, 3.8) is 0 Å². The van der Waals surface area contributed by atoms with E-state index in [2.05, 4.69) is 10.5 Å². The van der Waals surface area contributed by atoms with Crippen molar-refractivity contribution in [2.45, 2.75) is 0 Å². The first-order chi connectivity index (χ1) is 10.1. The van der Waals surface area contributed by atoms with Gasteiger partial charge in [0.05, 0.1) is 6.21 Å². The van der Waals surface area contributed by atoms with Crippen LogP contribution < -0.4 is 10.2 Å². The highest BCUT2D eigenvalue weighted by Crippen LogP contribution is 2.20. The minimum absolute atomic E-state index is 0.0510. The summed E-state index contributed by atoms with van der Waals surface area (Å²) >= 11 is 0. The molecule has 0 unspecified atom stereocenters. The predicted octanol–water partition coefficient (Wildman–Crippen LogP) is 1.63. The van der Waals surface area contributed by atoms with Crippen LogP contribution in [0.5, 0.6) is 17.2 Å². The van der Waals surface area contributed by atoms with E-state index in [9.17, 15) is 9.90 Å². The van der Waals surface area contributed by atoms with Gasteiger partial charge in [0.25, 0.3) is 5.91 Å². The number of nitrogens with zero attached hydrogens (tertiary/aromatic N) is 1. The number of hydrazone groups is 1. The molecule has 0 fully saturated rings. The lowest BCUT2D eigenvalue weighted by Crippen LogP contribution is -2.24. The number of carbonyl (C=O) groups excluding carboxylic acids is 1. The average molecular weight is 286 g/mol. The van der Waals surface area contributed by atoms with Crippen LogP contribution in [0, 0.1) is 0 Å². The van der Waals surface area contributed by atoms with Crippen molar-refractivity contribution in [2.24, 2.45) is 5.10 Å². The van der Waals surface area contributed by atoms with E-state index in [1.54, 1.807) is 24.3 Å². The van der Waals surface area contributed by atoms with Crippen molar-refractivity contribution >= 4 is 12.1 Å². The molecular formula is C15H14N2O4. The Bertz CT molecular complexity index is 641. The predicted molar refractivity (Wildman–Crippen MR) is 77.4 cm³/mol. The molecule has 0 bridgehead atoms. The van der Waals surface area contributed by atoms with Crippen LogP contribution in [0.15, 0.2) is 53.6 Å². The van der Waals surface area contributed by atoms with Crippen molar-refractivity contribution < 1.29 is 19.7 Å². The van der Waals surface area contributed by atoms with Gasteiger partial charge in [0.15, 0.2) is 6.61 Å². The Morgan fingerprint density at radius 2 is 1.95 bits per heavy atom. The zero-order chi connectivity index (χ0) is 15.1. The molecule has 1 amide bonds. The molecule has 0 radical (unpaired) electrons. The zero-order valence-electron chi connectivity index (χ0n) is 11.1. The van der Waals surface area contributed by atoms with Gasteiger partial charge in [-0.2, -0.15) is 5.10 Å². The lowest BCUT2D eigenvalue weighted by molar-refractivity contribution is -0.123. The minimum Gasteiger partial charge on any atom is -0.508 e. The largest absolute Gasteiger partial charge is 0.508 e. The van der Waals surface area contributed by atoms with E-state index in [0.717, 1.165) is 0 Å². The van der Waals surface area contributed by atoms with Crippen LogP contribution in [0.1, 0.15) is 5.56 Å². The lowest BCUT2D eigenvalue weighted by atomic mass is 10.2. The van der Waals surface area contributed by atoms with E-state index in [4.69, 9.17) is 9.84 Å². The third-order valence-corrected chi connectivity index (χ3v) is 2.52. The summed E-state index contributed by atoms with van der Waals surface area (Å²) in [5, 5.41) is 22.4. The molecule has 2 rings (SSSR count). The highest BCUT2D eigenvalue weighted by Gasteiger charge is 2.02. The van der Waals surface area contributed by atoms with Gasteiger partial charge in [-0.05, 0) is 24.3 Å². The van der Waals surface area contributed by atoms with Crippen molar-refractivity contribution in [2.75, 3.05) is 6.61 Å². The maximum absolute atomic E-state index is 11.5. The van der Waals surface area contributed by atoms with Crippen LogP contribution in [-0.4, -0.2) is 28.9 Å². The monoisotopic (exact) mass is 286 g/mol. The van der Waals surface area contributed by atoms with E-state index in [0.29, 0.717) is 11.3 Å². The molecule has 0 spiro atoms. The van der Waals surface area contributed by atoms with Crippen LogP contribution in [0.2, 0.25) is 0 Å². The zero-order valence-corrected chi connectivity index (χ0v) is 11.1. The molecule has 108 valence electrons. The first-order valence-corrected chi connectivity index (χ1v) is 6.17. The lowest BCUT2D eigenvalue weighted by Gasteiger charge is -2.04. The van der Waals surface area contributed by atoms with Gasteiger partial charge < -0.3 is 14.9 Å². The molecule has 0 aliphatic heterocycles. The molecule has 0 aromatic heterocycles. The number of amides is 1. The van der Waals surface area contributed by atoms with Crippen LogP contribution in [-0.2, 0) is 4.79 Å². The number of aromatic hydroxyl groups is 2. The first kappa shape index (κ1) is 14.4. The molecule has 2 aromatic carbocycles. The van der Waals surface area contributed by atoms with Crippen molar-refractivity contribution in [3.8, 4) is 17.2 Å². The number of para-hydroxylation sites is 1. The topological polar surface area (TPSA) is 91.2 Å². The maximum atomic E-state index is 11.5. The van der Waals surface area contributed by atoms with Gasteiger partial charge in [0.2, 0.25) is 0 Å². The summed E-state index contributed by atoms with van der Waals surface area (Å²) in [6.45, 7) is -0.164. The normalized spacial score (nSPS) is 10.5. The highest BCUT2D eigenvalue weighted by atomic mass is 16.5. The van der Waals surface area contributed by atoms with E-state index < -0.39 is 5.91 Å². The van der Waals surface area contributed by atoms with Crippen LogP contribution in [0.4, 0.5) is 0 Å². The SMILES string of the molecule is O=C(COc1ccccc1)N/N=C\c1ccc(O)cc1O. The minimum atomic E-state index is -0.423. The third kappa shape index (κ3) is 4.54. The summed E-state index contributed by atoms with van der Waals surface area (Å²) in [7, 11) is 0. The molecule has 0 saturated heterocycles. The van der Waals surface area contributed by atoms with Crippen LogP contribution >= 0.6 is 0 Å². The number of hydrogen-bond donors (Lipinski definition) is 3. The van der Waals surface area contributed by atoms with Crippen LogP contribution in [0.3, 0.4) is 0 Å². The maximum Gasteiger partial charge on any atom is 0.277 e. The fraction of sp³-hybridized carbons (Fsp3) is 0.0667. The summed E-state index contributed by atoms with van der Waals surface area (Å²) in [6, 6.07) is 13.0. The number of benzene rings is 2. The summed E-state index contributed by atoms with van der Waals surface area (Å²) in [5.41, 5.74) is 2.65. The Morgan fingerprint density at radius 3 is 2.67 bits per heavy atom. The van der Waals surface area contributed by atoms with E-state index in [1.165, 1.54) is 24.4 Å². The Morgan fingerprint density at radius 1 is 1.19 bits per heavy atom. The second-order valence-electron chi connectivity index (χ2n) is 4.14. The Hall–Kier alpha value is -3.02. The molecule has 2 aromatic rings. The second kappa shape index (κ2) is 6.95. The quantitative estimate of drug-likeness (QED) is 0.575. The smallest absolute Gasteiger partial charge is 0.277 e. The Kier molecular flexibility index (Phi) is 4.76. The van der Waals surface area contributed by atoms with Crippen molar-refractivity contribution in [1.82, 2.24) is 5.43 Å². The standard InChI is InChI=1S/C15H14N2O4/c18-12-7-6-11(14(19)8-12)9-16-17-15(20)10-21-13-4-2-1-3-5-13/h1-9,18-19H,10H2,(H,17,20)/b16-9-. The summed E-state index contributed by atoms with van der Waals surface area (Å²) in [6.07, 6.45) is 1.27. The number of nitrogens with one attached hydrogen (secondary N) is 1. The molecule has 0 atom stereocenters. The number of carbonyl (C=O) groups is 1. The van der Waals surface area contributed by atoms with Gasteiger partial charge in [0, 0.05) is 11.6 Å². The highest BCUT2D eigenvalue weighted by molar-refractivity contribution is 5.85. The number of rotatable bonds is 5. The van der Waals surface area contributed by atoms with Crippen LogP contribution in [0.25, 0.3) is 0 Å². The molecule has 6 heteroatoms. The molecule has 3 N–H and O–H groups in total. The molecular weight excluding hydrogens is 272 g/mol. The van der Waals surface area contributed by atoms with Gasteiger partial charge in [-0.15, -0.1) is 0 Å². The molecule has 6 nitrogen and oxygen atoms in total. The number of phenolic OH excluding ortho intramolecular Hbond substituents is 2. The molecule has 0 aliphatic carbocycles. The average Bonchev–Trinajstić information content (AvgIpc) is 2.48. The molecule has 21 heavy (non-hydrogen) atoms. The number of phenols is 2. The fourth-order valence-electron chi connectivity index (χ4n) is 1.51. The summed E-state index contributed by atoms with van der Waals surface area (Å²) < 4.78 is 5.24. The van der Waals surface area contributed by atoms with Gasteiger partial charge in [-0.1, -0.05) is 18.2 Å². The van der Waals surface area contributed by atoms with Crippen molar-refractivity contribution in [1.29, 1.82) is 0 Å². The summed E-state index contributed by atoms with van der Waals surface area (Å²) in [5.74, 6) is -0.0142. The van der Waals surface area contributed by atoms with Gasteiger partial charge in [0.1, 0.15) is 17.2 Å². The van der Waals surface area contributed by atoms with Gasteiger partial charge >= 0.3 is 0 Å². The number of hydrogen-bond acceptors (Lipinski definition) is 5.